The van der Waals surface area contributed by atoms with Crippen LogP contribution in [-0.2, 0) is 14.3 Å². The summed E-state index contributed by atoms with van der Waals surface area (Å²) in [4.78, 5) is 35.6. The molecule has 0 aliphatic heterocycles. The summed E-state index contributed by atoms with van der Waals surface area (Å²) >= 11 is 0. The molecule has 8 heteroatoms. The quantitative estimate of drug-likeness (QED) is 0.498. The van der Waals surface area contributed by atoms with E-state index in [1.54, 1.807) is 36.4 Å². The molecule has 3 aromatic carbocycles. The van der Waals surface area contributed by atoms with Crippen molar-refractivity contribution in [3.63, 3.8) is 0 Å². The van der Waals surface area contributed by atoms with Crippen LogP contribution in [-0.4, -0.2) is 30.5 Å². The van der Waals surface area contributed by atoms with Crippen LogP contribution in [0.1, 0.15) is 17.3 Å². The van der Waals surface area contributed by atoms with Crippen molar-refractivity contribution in [1.82, 2.24) is 0 Å². The van der Waals surface area contributed by atoms with E-state index in [4.69, 9.17) is 19.9 Å². The van der Waals surface area contributed by atoms with E-state index in [1.165, 1.54) is 19.1 Å². The lowest BCUT2D eigenvalue weighted by atomic mass is 10.2. The van der Waals surface area contributed by atoms with E-state index < -0.39 is 23.9 Å². The lowest BCUT2D eigenvalue weighted by molar-refractivity contribution is -0.123. The minimum absolute atomic E-state index is 0.175. The first-order valence-corrected chi connectivity index (χ1v) is 9.76. The van der Waals surface area contributed by atoms with Gasteiger partial charge in [-0.05, 0) is 61.5 Å². The van der Waals surface area contributed by atoms with Crippen molar-refractivity contribution in [2.24, 2.45) is 5.73 Å². The Kier molecular flexibility index (Phi) is 7.42. The van der Waals surface area contributed by atoms with Crippen molar-refractivity contribution in [3.8, 4) is 17.2 Å². The lowest BCUT2D eigenvalue weighted by Gasteiger charge is -2.14. The highest BCUT2D eigenvalue weighted by Crippen LogP contribution is 2.23. The number of esters is 1. The molecular formula is C24H22N2O6. The second-order valence-electron chi connectivity index (χ2n) is 6.76. The minimum Gasteiger partial charge on any atom is -0.484 e. The summed E-state index contributed by atoms with van der Waals surface area (Å²) in [5, 5.41) is 2.69. The molecule has 164 valence electrons. The summed E-state index contributed by atoms with van der Waals surface area (Å²) in [6, 6.07) is 22.2. The van der Waals surface area contributed by atoms with Gasteiger partial charge in [0, 0.05) is 5.69 Å². The molecule has 8 nitrogen and oxygen atoms in total. The molecule has 0 saturated heterocycles. The fourth-order valence-corrected chi connectivity index (χ4v) is 2.62. The Morgan fingerprint density at radius 1 is 0.875 bits per heavy atom. The second kappa shape index (κ2) is 10.6. The Labute approximate surface area is 184 Å². The highest BCUT2D eigenvalue weighted by molar-refractivity contribution is 5.97. The third kappa shape index (κ3) is 6.60. The number of rotatable bonds is 9. The molecule has 3 N–H and O–H groups in total. The predicted molar refractivity (Wildman–Crippen MR) is 118 cm³/mol. The average Bonchev–Trinajstić information content (AvgIpc) is 2.79. The number of nitrogens with two attached hydrogens (primary N) is 1. The zero-order valence-corrected chi connectivity index (χ0v) is 17.3. The maximum atomic E-state index is 12.4. The minimum atomic E-state index is -1.04. The molecule has 3 aromatic rings. The van der Waals surface area contributed by atoms with Crippen LogP contribution in [0.5, 0.6) is 17.2 Å². The fraction of sp³-hybridized carbons (Fsp3) is 0.125. The maximum Gasteiger partial charge on any atom is 0.339 e. The van der Waals surface area contributed by atoms with E-state index in [0.29, 0.717) is 17.2 Å². The first-order valence-electron chi connectivity index (χ1n) is 9.76. The topological polar surface area (TPSA) is 117 Å². The first-order chi connectivity index (χ1) is 15.4. The number of ether oxygens (including phenoxy) is 3. The molecule has 1 unspecified atom stereocenters. The standard InChI is InChI=1S/C24H22N2O6/c1-16(31-24(29)17-6-5-9-21(14-17)30-15-22(25)27)23(28)26-18-10-12-20(13-11-18)32-19-7-3-2-4-8-19/h2-14,16H,15H2,1H3,(H2,25,27)(H,26,28). The van der Waals surface area contributed by atoms with Crippen molar-refractivity contribution in [1.29, 1.82) is 0 Å². The summed E-state index contributed by atoms with van der Waals surface area (Å²) in [7, 11) is 0. The van der Waals surface area contributed by atoms with Crippen molar-refractivity contribution in [2.75, 3.05) is 11.9 Å². The van der Waals surface area contributed by atoms with Gasteiger partial charge in [-0.3, -0.25) is 9.59 Å². The van der Waals surface area contributed by atoms with Gasteiger partial charge in [0.2, 0.25) is 0 Å². The Bertz CT molecular complexity index is 1080. The van der Waals surface area contributed by atoms with Crippen LogP contribution in [0.15, 0.2) is 78.9 Å². The number of hydrogen-bond donors (Lipinski definition) is 2. The molecule has 0 fully saturated rings. The Morgan fingerprint density at radius 2 is 1.53 bits per heavy atom. The third-order valence-corrected chi connectivity index (χ3v) is 4.20. The summed E-state index contributed by atoms with van der Waals surface area (Å²) in [6.07, 6.45) is -1.04. The van der Waals surface area contributed by atoms with E-state index >= 15 is 0 Å². The first kappa shape index (κ1) is 22.4. The van der Waals surface area contributed by atoms with Crippen LogP contribution >= 0.6 is 0 Å². The van der Waals surface area contributed by atoms with E-state index in [2.05, 4.69) is 5.32 Å². The van der Waals surface area contributed by atoms with E-state index in [-0.39, 0.29) is 17.9 Å². The number of amides is 2. The summed E-state index contributed by atoms with van der Waals surface area (Å²) in [5.41, 5.74) is 5.74. The molecule has 0 heterocycles. The van der Waals surface area contributed by atoms with Gasteiger partial charge in [0.25, 0.3) is 11.8 Å². The number of hydrogen-bond acceptors (Lipinski definition) is 6. The summed E-state index contributed by atoms with van der Waals surface area (Å²) < 4.78 is 16.1. The Balaban J connectivity index is 1.53. The molecule has 3 rings (SSSR count). The number of para-hydroxylation sites is 1. The van der Waals surface area contributed by atoms with Crippen molar-refractivity contribution in [2.45, 2.75) is 13.0 Å². The maximum absolute atomic E-state index is 12.4. The van der Waals surface area contributed by atoms with E-state index in [1.807, 2.05) is 30.3 Å². The molecule has 0 aromatic heterocycles. The molecule has 0 saturated carbocycles. The fourth-order valence-electron chi connectivity index (χ4n) is 2.62. The normalized spacial score (nSPS) is 11.2. The van der Waals surface area contributed by atoms with Crippen LogP contribution in [0.2, 0.25) is 0 Å². The van der Waals surface area contributed by atoms with Gasteiger partial charge in [0.15, 0.2) is 12.7 Å². The zero-order chi connectivity index (χ0) is 22.9. The highest BCUT2D eigenvalue weighted by atomic mass is 16.5. The number of primary amides is 1. The molecule has 0 aliphatic rings. The van der Waals surface area contributed by atoms with Gasteiger partial charge < -0.3 is 25.3 Å². The second-order valence-corrected chi connectivity index (χ2v) is 6.76. The number of benzene rings is 3. The van der Waals surface area contributed by atoms with Crippen LogP contribution in [0.25, 0.3) is 0 Å². The van der Waals surface area contributed by atoms with Gasteiger partial charge in [-0.1, -0.05) is 24.3 Å². The van der Waals surface area contributed by atoms with Gasteiger partial charge >= 0.3 is 5.97 Å². The largest absolute Gasteiger partial charge is 0.484 e. The van der Waals surface area contributed by atoms with Gasteiger partial charge in [0.1, 0.15) is 17.2 Å². The number of carbonyl (C=O) groups is 3. The van der Waals surface area contributed by atoms with Crippen molar-refractivity contribution < 1.29 is 28.6 Å². The molecule has 0 bridgehead atoms. The molecule has 0 spiro atoms. The smallest absolute Gasteiger partial charge is 0.339 e. The third-order valence-electron chi connectivity index (χ3n) is 4.20. The van der Waals surface area contributed by atoms with Crippen LogP contribution in [0.4, 0.5) is 5.69 Å². The molecule has 1 atom stereocenters. The van der Waals surface area contributed by atoms with Crippen molar-refractivity contribution in [3.05, 3.63) is 84.4 Å². The Morgan fingerprint density at radius 3 is 2.22 bits per heavy atom. The Hall–Kier alpha value is -4.33. The van der Waals surface area contributed by atoms with Crippen LogP contribution in [0.3, 0.4) is 0 Å². The molecule has 32 heavy (non-hydrogen) atoms. The number of anilines is 1. The van der Waals surface area contributed by atoms with E-state index in [0.717, 1.165) is 0 Å². The SMILES string of the molecule is CC(OC(=O)c1cccc(OCC(N)=O)c1)C(=O)Nc1ccc(Oc2ccccc2)cc1. The number of nitrogens with one attached hydrogen (secondary N) is 1. The molecule has 2 amide bonds. The average molecular weight is 434 g/mol. The summed E-state index contributed by atoms with van der Waals surface area (Å²) in [6.45, 7) is 1.15. The van der Waals surface area contributed by atoms with Gasteiger partial charge in [-0.15, -0.1) is 0 Å². The van der Waals surface area contributed by atoms with Crippen LogP contribution < -0.4 is 20.5 Å². The van der Waals surface area contributed by atoms with Gasteiger partial charge in [-0.25, -0.2) is 4.79 Å². The molecule has 0 radical (unpaired) electrons. The predicted octanol–water partition coefficient (Wildman–Crippen LogP) is 3.53. The lowest BCUT2D eigenvalue weighted by Crippen LogP contribution is -2.30. The van der Waals surface area contributed by atoms with Crippen molar-refractivity contribution >= 4 is 23.5 Å². The number of carbonyl (C=O) groups excluding carboxylic acids is 3. The highest BCUT2D eigenvalue weighted by Gasteiger charge is 2.19. The monoisotopic (exact) mass is 434 g/mol. The molecular weight excluding hydrogens is 412 g/mol. The zero-order valence-electron chi connectivity index (χ0n) is 17.3. The van der Waals surface area contributed by atoms with E-state index in [9.17, 15) is 14.4 Å². The van der Waals surface area contributed by atoms with Gasteiger partial charge in [-0.2, -0.15) is 0 Å². The summed E-state index contributed by atoms with van der Waals surface area (Å²) in [5.74, 6) is -0.225. The van der Waals surface area contributed by atoms with Crippen LogP contribution in [0, 0.1) is 0 Å². The van der Waals surface area contributed by atoms with Gasteiger partial charge in [0.05, 0.1) is 5.56 Å². The molecule has 0 aliphatic carbocycles.